The number of carbonyl (C=O) groups is 2. The number of thioether (sulfide) groups is 1. The van der Waals surface area contributed by atoms with E-state index in [4.69, 9.17) is 10.5 Å². The monoisotopic (exact) mass is 339 g/mol. The third-order valence-corrected chi connectivity index (χ3v) is 3.72. The lowest BCUT2D eigenvalue weighted by Crippen LogP contribution is -2.40. The van der Waals surface area contributed by atoms with E-state index in [-0.39, 0.29) is 18.4 Å². The van der Waals surface area contributed by atoms with Crippen molar-refractivity contribution in [3.8, 4) is 5.75 Å². The molecule has 0 aliphatic carbocycles. The Bertz CT molecular complexity index is 511. The molecule has 1 rings (SSSR count). The van der Waals surface area contributed by atoms with E-state index in [1.165, 1.54) is 0 Å². The Kier molecular flexibility index (Phi) is 9.16. The minimum Gasteiger partial charge on any atom is -0.484 e. The highest BCUT2D eigenvalue weighted by Gasteiger charge is 2.12. The Morgan fingerprint density at radius 3 is 2.83 bits per heavy atom. The number of benzene rings is 1. The second-order valence-corrected chi connectivity index (χ2v) is 5.98. The van der Waals surface area contributed by atoms with Crippen molar-refractivity contribution in [3.63, 3.8) is 0 Å². The summed E-state index contributed by atoms with van der Waals surface area (Å²) in [4.78, 5) is 23.2. The molecule has 0 heterocycles. The molecule has 0 aromatic heterocycles. The summed E-state index contributed by atoms with van der Waals surface area (Å²) < 4.78 is 5.42. The second kappa shape index (κ2) is 10.9. The molecule has 1 aromatic carbocycles. The fourth-order valence-corrected chi connectivity index (χ4v) is 2.33. The molecule has 0 saturated heterocycles. The molecule has 0 saturated carbocycles. The maximum atomic E-state index is 11.9. The van der Waals surface area contributed by atoms with Gasteiger partial charge < -0.3 is 21.1 Å². The van der Waals surface area contributed by atoms with Crippen LogP contribution in [0.25, 0.3) is 0 Å². The highest BCUT2D eigenvalue weighted by Crippen LogP contribution is 2.13. The van der Waals surface area contributed by atoms with E-state index >= 15 is 0 Å². The minimum absolute atomic E-state index is 0.0246. The van der Waals surface area contributed by atoms with Crippen LogP contribution < -0.4 is 21.1 Å². The van der Waals surface area contributed by atoms with Gasteiger partial charge in [0.05, 0.1) is 6.04 Å². The molecule has 0 aliphatic rings. The number of likely N-dealkylation sites (N-methyl/N-ethyl adjacent to an activating group) is 1. The zero-order chi connectivity index (χ0) is 17.1. The average Bonchev–Trinajstić information content (AvgIpc) is 2.56. The van der Waals surface area contributed by atoms with Crippen molar-refractivity contribution in [2.45, 2.75) is 25.9 Å². The largest absolute Gasteiger partial charge is 0.484 e. The Labute approximate surface area is 141 Å². The van der Waals surface area contributed by atoms with Gasteiger partial charge in [-0.3, -0.25) is 9.59 Å². The first-order valence-electron chi connectivity index (χ1n) is 7.57. The molecule has 6 nitrogen and oxygen atoms in total. The Balaban J connectivity index is 2.44. The molecule has 0 fully saturated rings. The van der Waals surface area contributed by atoms with Crippen molar-refractivity contribution in [2.75, 3.05) is 25.2 Å². The molecule has 0 bridgehead atoms. The van der Waals surface area contributed by atoms with Crippen LogP contribution in [0.3, 0.4) is 0 Å². The fourth-order valence-electron chi connectivity index (χ4n) is 1.84. The van der Waals surface area contributed by atoms with Crippen LogP contribution in [-0.2, 0) is 16.1 Å². The van der Waals surface area contributed by atoms with Gasteiger partial charge in [-0.05, 0) is 43.0 Å². The average molecular weight is 339 g/mol. The van der Waals surface area contributed by atoms with Crippen LogP contribution in [0, 0.1) is 0 Å². The molecule has 0 spiro atoms. The number of carbonyl (C=O) groups excluding carboxylic acids is 2. The summed E-state index contributed by atoms with van der Waals surface area (Å²) in [5.74, 6) is 1.13. The van der Waals surface area contributed by atoms with Crippen molar-refractivity contribution in [1.82, 2.24) is 10.6 Å². The van der Waals surface area contributed by atoms with Gasteiger partial charge in [0.25, 0.3) is 5.91 Å². The van der Waals surface area contributed by atoms with E-state index in [1.807, 2.05) is 25.3 Å². The van der Waals surface area contributed by atoms with E-state index < -0.39 is 6.04 Å². The summed E-state index contributed by atoms with van der Waals surface area (Å²) >= 11 is 1.67. The van der Waals surface area contributed by atoms with Crippen LogP contribution in [0.2, 0.25) is 0 Å². The predicted octanol–water partition coefficient (Wildman–Crippen LogP) is 0.898. The van der Waals surface area contributed by atoms with Gasteiger partial charge in [-0.2, -0.15) is 11.8 Å². The molecule has 0 radical (unpaired) electrons. The number of hydrogen-bond acceptors (Lipinski definition) is 5. The second-order valence-electron chi connectivity index (χ2n) is 5.00. The molecular weight excluding hydrogens is 314 g/mol. The van der Waals surface area contributed by atoms with Crippen LogP contribution in [0.1, 0.15) is 18.9 Å². The summed E-state index contributed by atoms with van der Waals surface area (Å²) in [6.07, 6.45) is 2.64. The molecule has 0 unspecified atom stereocenters. The van der Waals surface area contributed by atoms with Crippen LogP contribution in [0.5, 0.6) is 5.75 Å². The number of amides is 2. The Hall–Kier alpha value is -1.73. The first-order valence-corrected chi connectivity index (χ1v) is 8.96. The van der Waals surface area contributed by atoms with E-state index in [1.54, 1.807) is 23.9 Å². The number of rotatable bonds is 10. The lowest BCUT2D eigenvalue weighted by atomic mass is 10.2. The summed E-state index contributed by atoms with van der Waals surface area (Å²) in [5.41, 5.74) is 6.70. The van der Waals surface area contributed by atoms with Gasteiger partial charge >= 0.3 is 0 Å². The number of hydrogen-bond donors (Lipinski definition) is 3. The highest BCUT2D eigenvalue weighted by atomic mass is 32.2. The maximum absolute atomic E-state index is 11.9. The molecule has 1 aromatic rings. The van der Waals surface area contributed by atoms with Gasteiger partial charge in [-0.1, -0.05) is 12.1 Å². The lowest BCUT2D eigenvalue weighted by Gasteiger charge is -2.12. The Morgan fingerprint density at radius 1 is 1.35 bits per heavy atom. The first-order chi connectivity index (χ1) is 11.1. The SMILES string of the molecule is CCNC(=O)COc1cccc(CNC(=O)[C@@H](N)CCSC)c1. The number of ether oxygens (including phenoxy) is 1. The zero-order valence-electron chi connectivity index (χ0n) is 13.6. The predicted molar refractivity (Wildman–Crippen MR) is 93.4 cm³/mol. The smallest absolute Gasteiger partial charge is 0.257 e. The Morgan fingerprint density at radius 2 is 2.13 bits per heavy atom. The fraction of sp³-hybridized carbons (Fsp3) is 0.500. The van der Waals surface area contributed by atoms with Crippen molar-refractivity contribution in [2.24, 2.45) is 5.73 Å². The third kappa shape index (κ3) is 7.90. The van der Waals surface area contributed by atoms with Gasteiger partial charge in [0.1, 0.15) is 5.75 Å². The molecule has 4 N–H and O–H groups in total. The summed E-state index contributed by atoms with van der Waals surface area (Å²) in [7, 11) is 0. The lowest BCUT2D eigenvalue weighted by molar-refractivity contribution is -0.123. The van der Waals surface area contributed by atoms with E-state index in [0.717, 1.165) is 11.3 Å². The molecule has 23 heavy (non-hydrogen) atoms. The minimum atomic E-state index is -0.486. The molecule has 2 amide bonds. The normalized spacial score (nSPS) is 11.6. The summed E-state index contributed by atoms with van der Waals surface area (Å²) in [6, 6.07) is 6.79. The van der Waals surface area contributed by atoms with Crippen molar-refractivity contribution in [1.29, 1.82) is 0 Å². The van der Waals surface area contributed by atoms with Crippen molar-refractivity contribution in [3.05, 3.63) is 29.8 Å². The molecule has 7 heteroatoms. The highest BCUT2D eigenvalue weighted by molar-refractivity contribution is 7.98. The zero-order valence-corrected chi connectivity index (χ0v) is 14.4. The van der Waals surface area contributed by atoms with Crippen molar-refractivity contribution >= 4 is 23.6 Å². The molecule has 1 atom stereocenters. The molecule has 128 valence electrons. The van der Waals surface area contributed by atoms with E-state index in [0.29, 0.717) is 25.3 Å². The van der Waals surface area contributed by atoms with Crippen LogP contribution in [0.15, 0.2) is 24.3 Å². The van der Waals surface area contributed by atoms with Gasteiger partial charge in [0.15, 0.2) is 6.61 Å². The van der Waals surface area contributed by atoms with E-state index in [9.17, 15) is 9.59 Å². The van der Waals surface area contributed by atoms with E-state index in [2.05, 4.69) is 10.6 Å². The first kappa shape index (κ1) is 19.3. The standard InChI is InChI=1S/C16H25N3O3S/c1-3-18-15(20)11-22-13-6-4-5-12(9-13)10-19-16(21)14(17)7-8-23-2/h4-6,9,14H,3,7-8,10-11,17H2,1-2H3,(H,18,20)(H,19,21)/t14-/m0/s1. The van der Waals surface area contributed by atoms with Gasteiger partial charge in [-0.25, -0.2) is 0 Å². The number of nitrogens with two attached hydrogens (primary N) is 1. The van der Waals surface area contributed by atoms with Gasteiger partial charge in [0.2, 0.25) is 5.91 Å². The number of nitrogens with one attached hydrogen (secondary N) is 2. The third-order valence-electron chi connectivity index (χ3n) is 3.08. The van der Waals surface area contributed by atoms with Crippen LogP contribution in [0.4, 0.5) is 0 Å². The van der Waals surface area contributed by atoms with Gasteiger partial charge in [0, 0.05) is 13.1 Å². The quantitative estimate of drug-likeness (QED) is 0.589. The molecular formula is C16H25N3O3S. The summed E-state index contributed by atoms with van der Waals surface area (Å²) in [5, 5.41) is 5.48. The van der Waals surface area contributed by atoms with Crippen LogP contribution in [-0.4, -0.2) is 43.0 Å². The summed E-state index contributed by atoms with van der Waals surface area (Å²) in [6.45, 7) is 2.78. The maximum Gasteiger partial charge on any atom is 0.257 e. The van der Waals surface area contributed by atoms with Gasteiger partial charge in [-0.15, -0.1) is 0 Å². The molecule has 0 aliphatic heterocycles. The van der Waals surface area contributed by atoms with Crippen LogP contribution >= 0.6 is 11.8 Å². The van der Waals surface area contributed by atoms with Crippen molar-refractivity contribution < 1.29 is 14.3 Å². The topological polar surface area (TPSA) is 93.5 Å².